The first-order valence-electron chi connectivity index (χ1n) is 9.81. The molecule has 1 aliphatic carbocycles. The van der Waals surface area contributed by atoms with Gasteiger partial charge in [0.2, 0.25) is 5.91 Å². The number of nitrogens with one attached hydrogen (secondary N) is 2. The number of carbonyl (C=O) groups excluding carboxylic acids is 1. The van der Waals surface area contributed by atoms with Crippen LogP contribution in [0, 0.1) is 5.41 Å². The third kappa shape index (κ3) is 3.86. The van der Waals surface area contributed by atoms with Crippen LogP contribution >= 0.6 is 0 Å². The molecule has 2 N–H and O–H groups in total. The number of amides is 1. The van der Waals surface area contributed by atoms with Gasteiger partial charge in [-0.05, 0) is 37.0 Å². The van der Waals surface area contributed by atoms with Crippen molar-refractivity contribution in [3.8, 4) is 5.75 Å². The molecule has 6 nitrogen and oxygen atoms in total. The topological polar surface area (TPSA) is 70.2 Å². The minimum atomic E-state index is -0.337. The predicted molar refractivity (Wildman–Crippen MR) is 104 cm³/mol. The minimum absolute atomic E-state index is 0.167. The fourth-order valence-corrected chi connectivity index (χ4v) is 4.17. The summed E-state index contributed by atoms with van der Waals surface area (Å²) in [6, 6.07) is 8.77. The average Bonchev–Trinajstić information content (AvgIpc) is 3.11. The van der Waals surface area contributed by atoms with Gasteiger partial charge < -0.3 is 15.0 Å². The normalized spacial score (nSPS) is 19.1. The Morgan fingerprint density at radius 3 is 2.93 bits per heavy atom. The van der Waals surface area contributed by atoms with Crippen LogP contribution in [-0.2, 0) is 17.6 Å². The quantitative estimate of drug-likeness (QED) is 0.749. The number of hydrogen-bond acceptors (Lipinski definition) is 4. The Labute approximate surface area is 160 Å². The van der Waals surface area contributed by atoms with Gasteiger partial charge in [-0.1, -0.05) is 18.6 Å². The van der Waals surface area contributed by atoms with Gasteiger partial charge in [-0.25, -0.2) is 4.98 Å². The van der Waals surface area contributed by atoms with E-state index in [0.717, 1.165) is 42.9 Å². The number of carbonyl (C=O) groups is 1. The van der Waals surface area contributed by atoms with Gasteiger partial charge in [-0.2, -0.15) is 0 Å². The number of methoxy groups -OCH3 is 1. The van der Waals surface area contributed by atoms with Crippen LogP contribution in [0.5, 0.6) is 5.75 Å². The second kappa shape index (κ2) is 7.72. The summed E-state index contributed by atoms with van der Waals surface area (Å²) < 4.78 is 5.35. The Hall–Kier alpha value is -2.34. The first kappa shape index (κ1) is 18.0. The average molecular weight is 368 g/mol. The highest BCUT2D eigenvalue weighted by atomic mass is 16.5. The van der Waals surface area contributed by atoms with Crippen molar-refractivity contribution in [3.63, 3.8) is 0 Å². The van der Waals surface area contributed by atoms with E-state index in [2.05, 4.69) is 26.3 Å². The molecule has 0 spiro atoms. The zero-order valence-corrected chi connectivity index (χ0v) is 15.9. The predicted octanol–water partition coefficient (Wildman–Crippen LogP) is 2.17. The lowest BCUT2D eigenvalue weighted by molar-refractivity contribution is -0.146. The van der Waals surface area contributed by atoms with Crippen molar-refractivity contribution >= 4 is 5.91 Å². The van der Waals surface area contributed by atoms with Gasteiger partial charge in [0.15, 0.2) is 0 Å². The molecule has 1 saturated heterocycles. The summed E-state index contributed by atoms with van der Waals surface area (Å²) in [7, 11) is 1.68. The van der Waals surface area contributed by atoms with Crippen molar-refractivity contribution < 1.29 is 9.53 Å². The van der Waals surface area contributed by atoms with Crippen LogP contribution in [0.1, 0.15) is 30.5 Å². The molecule has 1 aliphatic heterocycles. The Bertz CT molecular complexity index is 764. The summed E-state index contributed by atoms with van der Waals surface area (Å²) in [5, 5.41) is 3.16. The number of aromatic nitrogens is 2. The maximum absolute atomic E-state index is 13.1. The van der Waals surface area contributed by atoms with E-state index in [9.17, 15) is 4.79 Å². The molecule has 1 aromatic carbocycles. The SMILES string of the molecule is COc1cccc(CC2(C(=O)NCCc3cnc[nH]3)CN(C3CCC3)C2)c1. The highest BCUT2D eigenvalue weighted by Crippen LogP contribution is 2.40. The molecule has 1 saturated carbocycles. The number of ether oxygens (including phenoxy) is 1. The highest BCUT2D eigenvalue weighted by Gasteiger charge is 2.51. The lowest BCUT2D eigenvalue weighted by Gasteiger charge is -2.54. The van der Waals surface area contributed by atoms with Crippen LogP contribution in [0.4, 0.5) is 0 Å². The molecule has 2 aromatic rings. The maximum Gasteiger partial charge on any atom is 0.229 e. The van der Waals surface area contributed by atoms with E-state index in [1.165, 1.54) is 19.3 Å². The maximum atomic E-state index is 13.1. The number of imidazole rings is 1. The molecule has 2 fully saturated rings. The molecule has 27 heavy (non-hydrogen) atoms. The zero-order valence-electron chi connectivity index (χ0n) is 15.9. The first-order valence-corrected chi connectivity index (χ1v) is 9.81. The van der Waals surface area contributed by atoms with Crippen molar-refractivity contribution in [2.45, 2.75) is 38.1 Å². The molecule has 4 rings (SSSR count). The smallest absolute Gasteiger partial charge is 0.229 e. The molecule has 6 heteroatoms. The van der Waals surface area contributed by atoms with Crippen LogP contribution < -0.4 is 10.1 Å². The van der Waals surface area contributed by atoms with E-state index in [0.29, 0.717) is 12.6 Å². The monoisotopic (exact) mass is 368 g/mol. The first-order chi connectivity index (χ1) is 13.2. The van der Waals surface area contributed by atoms with Crippen molar-refractivity contribution in [1.29, 1.82) is 0 Å². The van der Waals surface area contributed by atoms with Crippen molar-refractivity contribution in [2.24, 2.45) is 5.41 Å². The Morgan fingerprint density at radius 2 is 2.26 bits per heavy atom. The van der Waals surface area contributed by atoms with E-state index >= 15 is 0 Å². The number of H-pyrrole nitrogens is 1. The van der Waals surface area contributed by atoms with Gasteiger partial charge in [0.1, 0.15) is 5.75 Å². The number of rotatable bonds is 8. The van der Waals surface area contributed by atoms with Crippen molar-refractivity contribution in [1.82, 2.24) is 20.2 Å². The van der Waals surface area contributed by atoms with E-state index in [1.807, 2.05) is 18.2 Å². The fraction of sp³-hybridized carbons (Fsp3) is 0.524. The summed E-state index contributed by atoms with van der Waals surface area (Å²) in [6.07, 6.45) is 8.87. The van der Waals surface area contributed by atoms with Crippen LogP contribution in [0.2, 0.25) is 0 Å². The summed E-state index contributed by atoms with van der Waals surface area (Å²) in [5.41, 5.74) is 1.86. The largest absolute Gasteiger partial charge is 0.497 e. The van der Waals surface area contributed by atoms with E-state index in [1.54, 1.807) is 19.6 Å². The molecule has 0 radical (unpaired) electrons. The van der Waals surface area contributed by atoms with Crippen LogP contribution in [-0.4, -0.2) is 53.6 Å². The summed E-state index contributed by atoms with van der Waals surface area (Å²) in [4.78, 5) is 22.7. The molecule has 0 bridgehead atoms. The van der Waals surface area contributed by atoms with Gasteiger partial charge in [0.05, 0.1) is 18.9 Å². The lowest BCUT2D eigenvalue weighted by Crippen LogP contribution is -2.67. The van der Waals surface area contributed by atoms with Crippen molar-refractivity contribution in [3.05, 3.63) is 48.0 Å². The fourth-order valence-electron chi connectivity index (χ4n) is 4.17. The van der Waals surface area contributed by atoms with Crippen molar-refractivity contribution in [2.75, 3.05) is 26.7 Å². The second-order valence-corrected chi connectivity index (χ2v) is 7.88. The molecule has 144 valence electrons. The Balaban J connectivity index is 1.42. The lowest BCUT2D eigenvalue weighted by atomic mass is 9.71. The van der Waals surface area contributed by atoms with E-state index < -0.39 is 0 Å². The summed E-state index contributed by atoms with van der Waals surface area (Å²) in [5.74, 6) is 1.01. The minimum Gasteiger partial charge on any atom is -0.497 e. The van der Waals surface area contributed by atoms with Gasteiger partial charge in [-0.15, -0.1) is 0 Å². The molecule has 2 heterocycles. The van der Waals surface area contributed by atoms with Gasteiger partial charge in [0, 0.05) is 44.0 Å². The molecule has 1 aromatic heterocycles. The third-order valence-corrected chi connectivity index (χ3v) is 6.00. The third-order valence-electron chi connectivity index (χ3n) is 6.00. The molecule has 2 aliphatic rings. The van der Waals surface area contributed by atoms with Crippen LogP contribution in [0.15, 0.2) is 36.8 Å². The Kier molecular flexibility index (Phi) is 5.16. The number of likely N-dealkylation sites (tertiary alicyclic amines) is 1. The summed E-state index contributed by atoms with van der Waals surface area (Å²) >= 11 is 0. The molecule has 1 amide bonds. The number of nitrogens with zero attached hydrogens (tertiary/aromatic N) is 2. The number of hydrogen-bond donors (Lipinski definition) is 2. The van der Waals surface area contributed by atoms with Gasteiger partial charge >= 0.3 is 0 Å². The van der Waals surface area contributed by atoms with Gasteiger partial charge in [0.25, 0.3) is 0 Å². The standard InChI is InChI=1S/C21H28N4O2/c1-27-19-7-2-4-16(10-19)11-21(13-25(14-21)18-5-3-6-18)20(26)23-9-8-17-12-22-15-24-17/h2,4,7,10,12,15,18H,3,5-6,8-9,11,13-14H2,1H3,(H,22,24)(H,23,26). The van der Waals surface area contributed by atoms with E-state index in [-0.39, 0.29) is 11.3 Å². The molecule has 0 unspecified atom stereocenters. The highest BCUT2D eigenvalue weighted by molar-refractivity contribution is 5.84. The zero-order chi connectivity index (χ0) is 18.7. The summed E-state index contributed by atoms with van der Waals surface area (Å²) in [6.45, 7) is 2.33. The molecule has 0 atom stereocenters. The van der Waals surface area contributed by atoms with Gasteiger partial charge in [-0.3, -0.25) is 9.69 Å². The van der Waals surface area contributed by atoms with E-state index in [4.69, 9.17) is 4.74 Å². The van der Waals surface area contributed by atoms with Crippen LogP contribution in [0.25, 0.3) is 0 Å². The molecular formula is C21H28N4O2. The number of benzene rings is 1. The molecular weight excluding hydrogens is 340 g/mol. The second-order valence-electron chi connectivity index (χ2n) is 7.88. The Morgan fingerprint density at radius 1 is 1.41 bits per heavy atom. The van der Waals surface area contributed by atoms with Crippen LogP contribution in [0.3, 0.4) is 0 Å². The number of aromatic amines is 1.